The zero-order valence-corrected chi connectivity index (χ0v) is 13.4. The molecule has 0 aliphatic carbocycles. The number of ether oxygens (including phenoxy) is 2. The Morgan fingerprint density at radius 2 is 1.96 bits per heavy atom. The second-order valence-electron chi connectivity index (χ2n) is 5.71. The van der Waals surface area contributed by atoms with E-state index < -0.39 is 5.91 Å². The van der Waals surface area contributed by atoms with Gasteiger partial charge in [-0.05, 0) is 35.9 Å². The third-order valence-corrected chi connectivity index (χ3v) is 4.06. The first-order valence-corrected chi connectivity index (χ1v) is 7.83. The fourth-order valence-electron chi connectivity index (χ4n) is 2.78. The van der Waals surface area contributed by atoms with Gasteiger partial charge in [0, 0.05) is 24.0 Å². The number of fused-ring (bicyclic) bond motifs is 2. The Morgan fingerprint density at radius 3 is 2.84 bits per heavy atom. The van der Waals surface area contributed by atoms with Gasteiger partial charge in [0.1, 0.15) is 6.33 Å². The molecule has 126 valence electrons. The number of primary amides is 1. The van der Waals surface area contributed by atoms with E-state index in [1.165, 1.54) is 6.33 Å². The van der Waals surface area contributed by atoms with Gasteiger partial charge in [-0.1, -0.05) is 6.07 Å². The van der Waals surface area contributed by atoms with Gasteiger partial charge in [0.2, 0.25) is 12.7 Å². The van der Waals surface area contributed by atoms with Crippen LogP contribution in [0.3, 0.4) is 0 Å². The van der Waals surface area contributed by atoms with Crippen molar-refractivity contribution in [2.24, 2.45) is 5.73 Å². The molecule has 3 N–H and O–H groups in total. The third-order valence-electron chi connectivity index (χ3n) is 4.06. The molecule has 0 fully saturated rings. The van der Waals surface area contributed by atoms with Gasteiger partial charge in [-0.3, -0.25) is 4.79 Å². The molecule has 2 heterocycles. The number of nitrogens with one attached hydrogen (secondary N) is 1. The first-order chi connectivity index (χ1) is 12.2. The van der Waals surface area contributed by atoms with Gasteiger partial charge in [0.25, 0.3) is 0 Å². The SMILES string of the molecule is NC(=O)c1ccc2ncnc(CNCc3ccc4c(c3)OCO4)c2c1. The van der Waals surface area contributed by atoms with Crippen LogP contribution < -0.4 is 20.5 Å². The minimum Gasteiger partial charge on any atom is -0.454 e. The monoisotopic (exact) mass is 336 g/mol. The zero-order valence-electron chi connectivity index (χ0n) is 13.4. The van der Waals surface area contributed by atoms with Crippen LogP contribution in [0.15, 0.2) is 42.7 Å². The van der Waals surface area contributed by atoms with Gasteiger partial charge >= 0.3 is 0 Å². The second-order valence-corrected chi connectivity index (χ2v) is 5.71. The van der Waals surface area contributed by atoms with Crippen molar-refractivity contribution in [1.82, 2.24) is 15.3 Å². The number of aromatic nitrogens is 2. The van der Waals surface area contributed by atoms with E-state index in [1.54, 1.807) is 18.2 Å². The maximum atomic E-state index is 11.4. The highest BCUT2D eigenvalue weighted by Gasteiger charge is 2.13. The van der Waals surface area contributed by atoms with E-state index in [0.717, 1.165) is 33.7 Å². The molecule has 7 nitrogen and oxygen atoms in total. The normalized spacial score (nSPS) is 12.5. The molecule has 0 saturated heterocycles. The van der Waals surface area contributed by atoms with Crippen LogP contribution >= 0.6 is 0 Å². The first kappa shape index (κ1) is 15.3. The lowest BCUT2D eigenvalue weighted by Crippen LogP contribution is -2.15. The average molecular weight is 336 g/mol. The van der Waals surface area contributed by atoms with E-state index in [9.17, 15) is 4.79 Å². The van der Waals surface area contributed by atoms with Crippen molar-refractivity contribution in [3.63, 3.8) is 0 Å². The minimum atomic E-state index is -0.468. The summed E-state index contributed by atoms with van der Waals surface area (Å²) in [4.78, 5) is 19.9. The maximum Gasteiger partial charge on any atom is 0.248 e. The summed E-state index contributed by atoms with van der Waals surface area (Å²) in [6, 6.07) is 11.0. The number of amides is 1. The highest BCUT2D eigenvalue weighted by atomic mass is 16.7. The maximum absolute atomic E-state index is 11.4. The molecule has 1 amide bonds. The highest BCUT2D eigenvalue weighted by Crippen LogP contribution is 2.32. The number of nitrogens with zero attached hydrogens (tertiary/aromatic N) is 2. The van der Waals surface area contributed by atoms with Gasteiger partial charge in [-0.2, -0.15) is 0 Å². The molecule has 0 spiro atoms. The quantitative estimate of drug-likeness (QED) is 0.736. The number of nitrogens with two attached hydrogens (primary N) is 1. The molecule has 0 saturated carbocycles. The van der Waals surface area contributed by atoms with Gasteiger partial charge in [-0.25, -0.2) is 9.97 Å². The predicted molar refractivity (Wildman–Crippen MR) is 91.2 cm³/mol. The molecule has 1 aromatic heterocycles. The van der Waals surface area contributed by atoms with E-state index in [4.69, 9.17) is 15.2 Å². The zero-order chi connectivity index (χ0) is 17.2. The summed E-state index contributed by atoms with van der Waals surface area (Å²) < 4.78 is 10.7. The summed E-state index contributed by atoms with van der Waals surface area (Å²) in [5.41, 5.74) is 8.48. The van der Waals surface area contributed by atoms with Crippen LogP contribution in [0.4, 0.5) is 0 Å². The van der Waals surface area contributed by atoms with Gasteiger partial charge in [-0.15, -0.1) is 0 Å². The Kier molecular flexibility index (Phi) is 3.91. The molecule has 0 bridgehead atoms. The minimum absolute atomic E-state index is 0.265. The van der Waals surface area contributed by atoms with Crippen molar-refractivity contribution in [2.45, 2.75) is 13.1 Å². The Morgan fingerprint density at radius 1 is 1.08 bits per heavy atom. The van der Waals surface area contributed by atoms with Gasteiger partial charge in [0.05, 0.1) is 11.2 Å². The third kappa shape index (κ3) is 3.09. The second kappa shape index (κ2) is 6.37. The van der Waals surface area contributed by atoms with Crippen LogP contribution in [0.5, 0.6) is 11.5 Å². The predicted octanol–water partition coefficient (Wildman–Crippen LogP) is 1.75. The summed E-state index contributed by atoms with van der Waals surface area (Å²) in [6.45, 7) is 1.45. The molecule has 0 radical (unpaired) electrons. The average Bonchev–Trinajstić information content (AvgIpc) is 3.09. The molecule has 0 atom stereocenters. The van der Waals surface area contributed by atoms with Crippen molar-refractivity contribution in [3.05, 3.63) is 59.5 Å². The molecule has 2 aromatic carbocycles. The molecule has 3 aromatic rings. The number of hydrogen-bond acceptors (Lipinski definition) is 6. The van der Waals surface area contributed by atoms with Crippen molar-refractivity contribution in [3.8, 4) is 11.5 Å². The number of hydrogen-bond donors (Lipinski definition) is 2. The van der Waals surface area contributed by atoms with Crippen LogP contribution in [0.1, 0.15) is 21.6 Å². The summed E-state index contributed by atoms with van der Waals surface area (Å²) in [7, 11) is 0. The van der Waals surface area contributed by atoms with Crippen molar-refractivity contribution in [1.29, 1.82) is 0 Å². The molecule has 4 rings (SSSR count). The Labute approximate surface area is 143 Å². The van der Waals surface area contributed by atoms with E-state index >= 15 is 0 Å². The lowest BCUT2D eigenvalue weighted by molar-refractivity contribution is 0.100. The Bertz CT molecular complexity index is 958. The van der Waals surface area contributed by atoms with Crippen LogP contribution in [0, 0.1) is 0 Å². The lowest BCUT2D eigenvalue weighted by atomic mass is 10.1. The van der Waals surface area contributed by atoms with Gasteiger partial charge in [0.15, 0.2) is 11.5 Å². The lowest BCUT2D eigenvalue weighted by Gasteiger charge is -2.08. The standard InChI is InChI=1S/C18H16N4O3/c19-18(23)12-2-3-14-13(6-12)15(22-9-21-14)8-20-7-11-1-4-16-17(5-11)25-10-24-16/h1-6,9,20H,7-8,10H2,(H2,19,23). The highest BCUT2D eigenvalue weighted by molar-refractivity contribution is 5.97. The van der Waals surface area contributed by atoms with E-state index in [0.29, 0.717) is 18.7 Å². The molecule has 25 heavy (non-hydrogen) atoms. The summed E-state index contributed by atoms with van der Waals surface area (Å²) in [5, 5.41) is 4.16. The van der Waals surface area contributed by atoms with Crippen LogP contribution in [-0.2, 0) is 13.1 Å². The number of rotatable bonds is 5. The number of benzene rings is 2. The van der Waals surface area contributed by atoms with Crippen molar-refractivity contribution in [2.75, 3.05) is 6.79 Å². The van der Waals surface area contributed by atoms with E-state index in [2.05, 4.69) is 15.3 Å². The van der Waals surface area contributed by atoms with Crippen LogP contribution in [0.2, 0.25) is 0 Å². The molecular weight excluding hydrogens is 320 g/mol. The van der Waals surface area contributed by atoms with E-state index in [1.807, 2.05) is 18.2 Å². The fraction of sp³-hybridized carbons (Fsp3) is 0.167. The van der Waals surface area contributed by atoms with E-state index in [-0.39, 0.29) is 6.79 Å². The van der Waals surface area contributed by atoms with Crippen LogP contribution in [-0.4, -0.2) is 22.7 Å². The first-order valence-electron chi connectivity index (χ1n) is 7.83. The fourth-order valence-corrected chi connectivity index (χ4v) is 2.78. The molecule has 1 aliphatic heterocycles. The molecule has 1 aliphatic rings. The number of carbonyl (C=O) groups excluding carboxylic acids is 1. The summed E-state index contributed by atoms with van der Waals surface area (Å²) >= 11 is 0. The summed E-state index contributed by atoms with van der Waals surface area (Å²) in [5.74, 6) is 1.06. The Balaban J connectivity index is 1.51. The van der Waals surface area contributed by atoms with Gasteiger partial charge < -0.3 is 20.5 Å². The number of carbonyl (C=O) groups is 1. The van der Waals surface area contributed by atoms with Crippen molar-refractivity contribution >= 4 is 16.8 Å². The van der Waals surface area contributed by atoms with Crippen molar-refractivity contribution < 1.29 is 14.3 Å². The molecular formula is C18H16N4O3. The molecule has 7 heteroatoms. The van der Waals surface area contributed by atoms with Crippen LogP contribution in [0.25, 0.3) is 10.9 Å². The topological polar surface area (TPSA) is 99.4 Å². The molecule has 0 unspecified atom stereocenters. The Hall–Kier alpha value is -3.19. The smallest absolute Gasteiger partial charge is 0.248 e. The largest absolute Gasteiger partial charge is 0.454 e. The summed E-state index contributed by atoms with van der Waals surface area (Å²) in [6.07, 6.45) is 1.52.